The van der Waals surface area contributed by atoms with Gasteiger partial charge in [-0.1, -0.05) is 6.07 Å². The summed E-state index contributed by atoms with van der Waals surface area (Å²) >= 11 is 0. The number of hydrogen-bond acceptors (Lipinski definition) is 5. The van der Waals surface area contributed by atoms with Crippen molar-refractivity contribution in [1.29, 1.82) is 0 Å². The van der Waals surface area contributed by atoms with Crippen molar-refractivity contribution in [3.63, 3.8) is 0 Å². The predicted molar refractivity (Wildman–Crippen MR) is 80.4 cm³/mol. The third-order valence-corrected chi connectivity index (χ3v) is 2.98. The van der Waals surface area contributed by atoms with Crippen LogP contribution >= 0.6 is 0 Å². The van der Waals surface area contributed by atoms with Gasteiger partial charge in [0.05, 0.1) is 12.8 Å². The Morgan fingerprint density at radius 2 is 2.24 bits per heavy atom. The summed E-state index contributed by atoms with van der Waals surface area (Å²) < 4.78 is 0. The second-order valence-electron chi connectivity index (χ2n) is 4.40. The van der Waals surface area contributed by atoms with Crippen LogP contribution in [0.1, 0.15) is 17.3 Å². The molecule has 0 spiro atoms. The van der Waals surface area contributed by atoms with Gasteiger partial charge in [-0.2, -0.15) is 0 Å². The second-order valence-corrected chi connectivity index (χ2v) is 4.40. The zero-order valence-corrected chi connectivity index (χ0v) is 11.9. The minimum absolute atomic E-state index is 0.0445. The summed E-state index contributed by atoms with van der Waals surface area (Å²) in [4.78, 5) is 22.0. The molecule has 1 heterocycles. The Balaban J connectivity index is 2.15. The topological polar surface area (TPSA) is 78.4 Å². The number of hydrogen-bond donors (Lipinski definition) is 2. The van der Waals surface area contributed by atoms with Gasteiger partial charge in [0.1, 0.15) is 5.82 Å². The van der Waals surface area contributed by atoms with Gasteiger partial charge in [-0.25, -0.2) is 4.98 Å². The molecule has 0 bridgehead atoms. The first-order valence-corrected chi connectivity index (χ1v) is 6.78. The molecule has 1 amide bonds. The standard InChI is InChI=1S/C15H18N4O2/c1-2-19(8-9-20)15(21)12-4-3-5-13(10-12)18-14-11-16-6-7-17-14/h3-7,10-11,20H,2,8-9H2,1H3,(H,17,18). The lowest BCUT2D eigenvalue weighted by Gasteiger charge is -2.20. The maximum absolute atomic E-state index is 12.3. The fourth-order valence-corrected chi connectivity index (χ4v) is 1.95. The van der Waals surface area contributed by atoms with E-state index < -0.39 is 0 Å². The number of aliphatic hydroxyl groups is 1. The molecule has 21 heavy (non-hydrogen) atoms. The Morgan fingerprint density at radius 3 is 2.90 bits per heavy atom. The highest BCUT2D eigenvalue weighted by Crippen LogP contribution is 2.16. The number of aromatic nitrogens is 2. The van der Waals surface area contributed by atoms with Crippen molar-refractivity contribution in [2.75, 3.05) is 25.0 Å². The van der Waals surface area contributed by atoms with Crippen LogP contribution in [0, 0.1) is 0 Å². The summed E-state index contributed by atoms with van der Waals surface area (Å²) in [5.74, 6) is 0.513. The minimum atomic E-state index is -0.102. The number of aliphatic hydroxyl groups excluding tert-OH is 1. The van der Waals surface area contributed by atoms with Crippen LogP contribution in [0.25, 0.3) is 0 Å². The van der Waals surface area contributed by atoms with Crippen molar-refractivity contribution < 1.29 is 9.90 Å². The normalized spacial score (nSPS) is 10.2. The van der Waals surface area contributed by atoms with Gasteiger partial charge in [-0.05, 0) is 25.1 Å². The SMILES string of the molecule is CCN(CCO)C(=O)c1cccc(Nc2cnccn2)c1. The molecule has 0 aliphatic carbocycles. The van der Waals surface area contributed by atoms with Crippen molar-refractivity contribution >= 4 is 17.4 Å². The number of nitrogens with one attached hydrogen (secondary N) is 1. The van der Waals surface area contributed by atoms with E-state index in [1.54, 1.807) is 41.7 Å². The van der Waals surface area contributed by atoms with Gasteiger partial charge in [0, 0.05) is 36.7 Å². The predicted octanol–water partition coefficient (Wildman–Crippen LogP) is 1.67. The quantitative estimate of drug-likeness (QED) is 0.844. The molecule has 1 aromatic heterocycles. The highest BCUT2D eigenvalue weighted by atomic mass is 16.3. The fraction of sp³-hybridized carbons (Fsp3) is 0.267. The molecule has 0 aliphatic heterocycles. The summed E-state index contributed by atoms with van der Waals surface area (Å²) in [6, 6.07) is 7.17. The van der Waals surface area contributed by atoms with Crippen molar-refractivity contribution in [2.45, 2.75) is 6.92 Å². The summed E-state index contributed by atoms with van der Waals surface area (Å²) in [5, 5.41) is 12.1. The van der Waals surface area contributed by atoms with E-state index in [2.05, 4.69) is 15.3 Å². The Morgan fingerprint density at radius 1 is 1.38 bits per heavy atom. The van der Waals surface area contributed by atoms with Gasteiger partial charge >= 0.3 is 0 Å². The van der Waals surface area contributed by atoms with Gasteiger partial charge in [0.15, 0.2) is 0 Å². The number of rotatable bonds is 6. The molecule has 1 aromatic carbocycles. The van der Waals surface area contributed by atoms with Gasteiger partial charge < -0.3 is 15.3 Å². The molecule has 0 radical (unpaired) electrons. The number of amides is 1. The third kappa shape index (κ3) is 4.00. The van der Waals surface area contributed by atoms with Crippen LogP contribution in [-0.4, -0.2) is 45.6 Å². The van der Waals surface area contributed by atoms with Crippen LogP contribution in [0.2, 0.25) is 0 Å². The average molecular weight is 286 g/mol. The van der Waals surface area contributed by atoms with E-state index in [-0.39, 0.29) is 12.5 Å². The van der Waals surface area contributed by atoms with Crippen molar-refractivity contribution in [2.24, 2.45) is 0 Å². The van der Waals surface area contributed by atoms with Gasteiger partial charge in [0.25, 0.3) is 5.91 Å². The average Bonchev–Trinajstić information content (AvgIpc) is 2.53. The molecular weight excluding hydrogens is 268 g/mol. The second kappa shape index (κ2) is 7.35. The largest absolute Gasteiger partial charge is 0.395 e. The van der Waals surface area contributed by atoms with Crippen LogP contribution in [0.3, 0.4) is 0 Å². The monoisotopic (exact) mass is 286 g/mol. The minimum Gasteiger partial charge on any atom is -0.395 e. The molecular formula is C15H18N4O2. The first kappa shape index (κ1) is 14.9. The van der Waals surface area contributed by atoms with Crippen molar-refractivity contribution in [1.82, 2.24) is 14.9 Å². The molecule has 2 N–H and O–H groups in total. The number of anilines is 2. The van der Waals surface area contributed by atoms with E-state index in [4.69, 9.17) is 5.11 Å². The molecule has 0 aliphatic rings. The summed E-state index contributed by atoms with van der Waals surface area (Å²) in [6.45, 7) is 2.73. The van der Waals surface area contributed by atoms with Gasteiger partial charge in [-0.3, -0.25) is 9.78 Å². The van der Waals surface area contributed by atoms with E-state index in [9.17, 15) is 4.79 Å². The maximum atomic E-state index is 12.3. The maximum Gasteiger partial charge on any atom is 0.253 e. The van der Waals surface area contributed by atoms with E-state index in [0.717, 1.165) is 5.69 Å². The van der Waals surface area contributed by atoms with Crippen molar-refractivity contribution in [3.05, 3.63) is 48.4 Å². The smallest absolute Gasteiger partial charge is 0.253 e. The van der Waals surface area contributed by atoms with Gasteiger partial charge in [0.2, 0.25) is 0 Å². The summed E-state index contributed by atoms with van der Waals surface area (Å²) in [5.41, 5.74) is 1.33. The van der Waals surface area contributed by atoms with Crippen LogP contribution < -0.4 is 5.32 Å². The molecule has 0 fully saturated rings. The summed E-state index contributed by atoms with van der Waals surface area (Å²) in [7, 11) is 0. The highest BCUT2D eigenvalue weighted by Gasteiger charge is 2.13. The fourth-order valence-electron chi connectivity index (χ4n) is 1.95. The number of benzene rings is 1. The molecule has 0 saturated carbocycles. The van der Waals surface area contributed by atoms with Crippen LogP contribution in [-0.2, 0) is 0 Å². The first-order valence-electron chi connectivity index (χ1n) is 6.78. The Bertz CT molecular complexity index is 589. The summed E-state index contributed by atoms with van der Waals surface area (Å²) in [6.07, 6.45) is 4.80. The Hall–Kier alpha value is -2.47. The lowest BCUT2D eigenvalue weighted by Crippen LogP contribution is -2.33. The number of nitrogens with zero attached hydrogens (tertiary/aromatic N) is 3. The Labute approximate surface area is 123 Å². The molecule has 6 heteroatoms. The van der Waals surface area contributed by atoms with Gasteiger partial charge in [-0.15, -0.1) is 0 Å². The molecule has 110 valence electrons. The number of carbonyl (C=O) groups excluding carboxylic acids is 1. The Kier molecular flexibility index (Phi) is 5.22. The lowest BCUT2D eigenvalue weighted by molar-refractivity contribution is 0.0732. The molecule has 6 nitrogen and oxygen atoms in total. The van der Waals surface area contributed by atoms with Crippen LogP contribution in [0.15, 0.2) is 42.9 Å². The first-order chi connectivity index (χ1) is 10.2. The lowest BCUT2D eigenvalue weighted by atomic mass is 10.1. The van der Waals surface area contributed by atoms with Crippen LogP contribution in [0.5, 0.6) is 0 Å². The molecule has 2 aromatic rings. The molecule has 2 rings (SSSR count). The third-order valence-electron chi connectivity index (χ3n) is 2.98. The van der Waals surface area contributed by atoms with Crippen LogP contribution in [0.4, 0.5) is 11.5 Å². The zero-order valence-electron chi connectivity index (χ0n) is 11.9. The van der Waals surface area contributed by atoms with E-state index in [1.807, 2.05) is 13.0 Å². The molecule has 0 unspecified atom stereocenters. The van der Waals surface area contributed by atoms with E-state index in [0.29, 0.717) is 24.5 Å². The number of likely N-dealkylation sites (N-methyl/N-ethyl adjacent to an activating group) is 1. The molecule has 0 atom stereocenters. The van der Waals surface area contributed by atoms with E-state index in [1.165, 1.54) is 0 Å². The van der Waals surface area contributed by atoms with Crippen molar-refractivity contribution in [3.8, 4) is 0 Å². The molecule has 0 saturated heterocycles. The zero-order chi connectivity index (χ0) is 15.1. The number of carbonyl (C=O) groups is 1. The highest BCUT2D eigenvalue weighted by molar-refractivity contribution is 5.95. The van der Waals surface area contributed by atoms with E-state index >= 15 is 0 Å².